The smallest absolute Gasteiger partial charge is 0.0482 e. The maximum atomic E-state index is 2.24. The van der Waals surface area contributed by atoms with E-state index in [1.807, 2.05) is 109 Å². The van der Waals surface area contributed by atoms with E-state index in [1.54, 1.807) is 0 Å². The molecular formula is C69H111N7. The van der Waals surface area contributed by atoms with Crippen LogP contribution in [0.4, 0.5) is 0 Å². The summed E-state index contributed by atoms with van der Waals surface area (Å²) in [6, 6.07) is 40.0. The van der Waals surface area contributed by atoms with Gasteiger partial charge in [-0.05, 0) is 158 Å². The van der Waals surface area contributed by atoms with Gasteiger partial charge >= 0.3 is 0 Å². The van der Waals surface area contributed by atoms with E-state index < -0.39 is 0 Å². The Bertz CT molecular complexity index is 2780. The minimum Gasteiger partial charge on any atom is -0.357 e. The Labute approximate surface area is 466 Å². The Balaban J connectivity index is -0.000000796. The van der Waals surface area contributed by atoms with Gasteiger partial charge in [-0.25, -0.2) is 0 Å². The zero-order valence-corrected chi connectivity index (χ0v) is 54.0. The highest BCUT2D eigenvalue weighted by molar-refractivity contribution is 5.85. The molecule has 0 fully saturated rings. The number of fused-ring (bicyclic) bond motifs is 3. The van der Waals surface area contributed by atoms with E-state index in [0.29, 0.717) is 0 Å². The average Bonchev–Trinajstić information content (AvgIpc) is 4.34. The first kappa shape index (κ1) is 73.6. The number of para-hydroxylation sites is 3. The van der Waals surface area contributed by atoms with Crippen LogP contribution in [0.5, 0.6) is 0 Å². The molecule has 10 rings (SSSR count). The quantitative estimate of drug-likeness (QED) is 0.145. The first-order valence-electron chi connectivity index (χ1n) is 28.2. The van der Waals surface area contributed by atoms with Gasteiger partial charge in [-0.1, -0.05) is 138 Å². The van der Waals surface area contributed by atoms with Gasteiger partial charge in [0.25, 0.3) is 0 Å². The molecule has 7 nitrogen and oxygen atoms in total. The predicted octanol–water partition coefficient (Wildman–Crippen LogP) is 19.9. The van der Waals surface area contributed by atoms with Crippen molar-refractivity contribution >= 4 is 32.7 Å². The van der Waals surface area contributed by atoms with Gasteiger partial charge in [0.1, 0.15) is 0 Å². The molecule has 0 radical (unpaired) electrons. The van der Waals surface area contributed by atoms with Crippen LogP contribution in [0, 0.1) is 69.2 Å². The highest BCUT2D eigenvalue weighted by Gasteiger charge is 2.05. The van der Waals surface area contributed by atoms with Crippen LogP contribution in [-0.2, 0) is 49.3 Å². The Morgan fingerprint density at radius 1 is 0.276 bits per heavy atom. The first-order chi connectivity index (χ1) is 36.3. The van der Waals surface area contributed by atoms with Crippen LogP contribution in [0.1, 0.15) is 140 Å². The normalized spacial score (nSPS) is 9.12. The lowest BCUT2D eigenvalue weighted by molar-refractivity contribution is 0.844. The summed E-state index contributed by atoms with van der Waals surface area (Å²) in [5.41, 5.74) is 17.4. The second-order valence-electron chi connectivity index (χ2n) is 17.1. The van der Waals surface area contributed by atoms with E-state index in [4.69, 9.17) is 0 Å². The van der Waals surface area contributed by atoms with Crippen molar-refractivity contribution < 1.29 is 0 Å². The van der Waals surface area contributed by atoms with E-state index >= 15 is 0 Å². The van der Waals surface area contributed by atoms with Crippen molar-refractivity contribution in [3.8, 4) is 0 Å². The molecular weight excluding hydrogens is 927 g/mol. The lowest BCUT2D eigenvalue weighted by Gasteiger charge is -1.96. The number of aromatic nitrogens is 7. The Morgan fingerprint density at radius 3 is 0.987 bits per heavy atom. The Morgan fingerprint density at radius 2 is 0.671 bits per heavy atom. The molecule has 0 aliphatic carbocycles. The molecule has 0 aliphatic heterocycles. The topological polar surface area (TPSA) is 34.5 Å². The molecule has 0 spiro atoms. The van der Waals surface area contributed by atoms with Crippen molar-refractivity contribution in [1.82, 2.24) is 32.0 Å². The SMILES string of the molecule is CC.CC.CC.CC.CC.CC.Cc1c(C)n(C)c2ccccc12.Cc1ccc(C)n1C.Cc1ccc(C)n1C.Cc1cccn1C.Cc1cn(C)c2ccccc12.Cc1cn(C)cc1C.Cn1ccc2ccccc21. The van der Waals surface area contributed by atoms with Crippen molar-refractivity contribution in [2.75, 3.05) is 0 Å². The summed E-state index contributed by atoms with van der Waals surface area (Å²) < 4.78 is 15.0. The summed E-state index contributed by atoms with van der Waals surface area (Å²) in [6.07, 6.45) is 10.5. The zero-order valence-electron chi connectivity index (χ0n) is 54.0. The van der Waals surface area contributed by atoms with Crippen LogP contribution in [0.2, 0.25) is 0 Å². The number of aryl methyl sites for hydroxylation is 14. The lowest BCUT2D eigenvalue weighted by Crippen LogP contribution is -1.91. The number of hydrogen-bond acceptors (Lipinski definition) is 0. The molecule has 0 saturated heterocycles. The standard InChI is InChI=1S/C11H13N.C10H11N.C9H9N.3C7H11N.C6H9N.6C2H6/c1-8-9(2)12(3)11-7-5-4-6-10(8)11;1-8-7-11(2)10-6-4-3-5-9(8)10;1-10-7-6-8-4-2-3-5-9(8)10;1-6-4-8(3)5-7(6)2;2*1-6-4-5-7(2)8(6)3;1-6-4-3-5-7(6)2;6*1-2/h4-7H,1-3H3;3-7H,1-2H3;2-7H,1H3;3*4-5H,1-3H3;3-5H,1-2H3;6*1-2H3. The van der Waals surface area contributed by atoms with Gasteiger partial charge in [-0.2, -0.15) is 0 Å². The molecule has 0 bridgehead atoms. The van der Waals surface area contributed by atoms with E-state index in [1.165, 1.54) is 89.1 Å². The summed E-state index contributed by atoms with van der Waals surface area (Å²) in [6.45, 7) is 45.2. The van der Waals surface area contributed by atoms with Gasteiger partial charge in [0.2, 0.25) is 0 Å². The minimum absolute atomic E-state index is 1.29. The van der Waals surface area contributed by atoms with Gasteiger partial charge in [-0.15, -0.1) is 0 Å². The summed E-state index contributed by atoms with van der Waals surface area (Å²) in [5, 5.41) is 4.04. The number of hydrogen-bond donors (Lipinski definition) is 0. The monoisotopic (exact) mass is 1040 g/mol. The molecule has 7 aromatic heterocycles. The van der Waals surface area contributed by atoms with Crippen LogP contribution >= 0.6 is 0 Å². The van der Waals surface area contributed by atoms with Crippen LogP contribution in [0.3, 0.4) is 0 Å². The van der Waals surface area contributed by atoms with Gasteiger partial charge in [0, 0.05) is 142 Å². The van der Waals surface area contributed by atoms with E-state index in [0.717, 1.165) is 0 Å². The molecule has 7 heteroatoms. The second-order valence-corrected chi connectivity index (χ2v) is 17.1. The fourth-order valence-electron chi connectivity index (χ4n) is 7.36. The maximum Gasteiger partial charge on any atom is 0.0482 e. The first-order valence-corrected chi connectivity index (χ1v) is 28.2. The number of rotatable bonds is 0. The van der Waals surface area contributed by atoms with E-state index in [2.05, 4.69) is 270 Å². The minimum atomic E-state index is 1.29. The Hall–Kier alpha value is -6.60. The Kier molecular flexibility index (Phi) is 40.3. The van der Waals surface area contributed by atoms with Crippen molar-refractivity contribution in [3.63, 3.8) is 0 Å². The van der Waals surface area contributed by atoms with Gasteiger partial charge in [0.15, 0.2) is 0 Å². The third-order valence-electron chi connectivity index (χ3n) is 12.5. The highest BCUT2D eigenvalue weighted by atomic mass is 15.0. The summed E-state index contributed by atoms with van der Waals surface area (Å²) in [7, 11) is 14.5. The fourth-order valence-corrected chi connectivity index (χ4v) is 7.36. The van der Waals surface area contributed by atoms with Crippen molar-refractivity contribution in [2.45, 2.75) is 152 Å². The van der Waals surface area contributed by atoms with Gasteiger partial charge in [-0.3, -0.25) is 0 Å². The highest BCUT2D eigenvalue weighted by Crippen LogP contribution is 2.23. The summed E-state index contributed by atoms with van der Waals surface area (Å²) >= 11 is 0. The third-order valence-corrected chi connectivity index (χ3v) is 12.5. The second kappa shape index (κ2) is 41.6. The predicted molar refractivity (Wildman–Crippen MR) is 346 cm³/mol. The number of benzene rings is 3. The average molecular weight is 1040 g/mol. The molecule has 10 aromatic rings. The molecule has 76 heavy (non-hydrogen) atoms. The largest absolute Gasteiger partial charge is 0.357 e. The van der Waals surface area contributed by atoms with Gasteiger partial charge in [0.05, 0.1) is 0 Å². The molecule has 0 atom stereocenters. The van der Waals surface area contributed by atoms with Crippen molar-refractivity contribution in [3.05, 3.63) is 203 Å². The molecule has 3 aromatic carbocycles. The molecule has 7 heterocycles. The van der Waals surface area contributed by atoms with Crippen LogP contribution < -0.4 is 0 Å². The maximum absolute atomic E-state index is 2.24. The molecule has 0 saturated carbocycles. The van der Waals surface area contributed by atoms with E-state index in [-0.39, 0.29) is 0 Å². The fraction of sp³-hybridized carbons (Fsp3) is 0.420. The third kappa shape index (κ3) is 23.9. The van der Waals surface area contributed by atoms with Gasteiger partial charge < -0.3 is 32.0 Å². The van der Waals surface area contributed by atoms with Crippen molar-refractivity contribution in [2.24, 2.45) is 49.3 Å². The summed E-state index contributed by atoms with van der Waals surface area (Å²) in [4.78, 5) is 0. The molecule has 0 aliphatic rings. The lowest BCUT2D eigenvalue weighted by atomic mass is 10.2. The molecule has 422 valence electrons. The number of nitrogens with zero attached hydrogens (tertiary/aromatic N) is 7. The van der Waals surface area contributed by atoms with Crippen LogP contribution in [0.15, 0.2) is 146 Å². The van der Waals surface area contributed by atoms with E-state index in [9.17, 15) is 0 Å². The van der Waals surface area contributed by atoms with Crippen LogP contribution in [0.25, 0.3) is 32.7 Å². The summed E-state index contributed by atoms with van der Waals surface area (Å²) in [5.74, 6) is 0. The molecule has 0 amide bonds. The zero-order chi connectivity index (χ0) is 59.2. The van der Waals surface area contributed by atoms with Crippen molar-refractivity contribution in [1.29, 1.82) is 0 Å². The van der Waals surface area contributed by atoms with Crippen LogP contribution in [-0.4, -0.2) is 32.0 Å². The molecule has 0 unspecified atom stereocenters. The molecule has 0 N–H and O–H groups in total.